The fraction of sp³-hybridized carbons (Fsp3) is 0.455. The molecule has 1 atom stereocenters. The van der Waals surface area contributed by atoms with Gasteiger partial charge in [-0.2, -0.15) is 0 Å². The summed E-state index contributed by atoms with van der Waals surface area (Å²) in [4.78, 5) is 0. The molecule has 0 aliphatic heterocycles. The predicted octanol–water partition coefficient (Wildman–Crippen LogP) is 2.63. The van der Waals surface area contributed by atoms with E-state index in [0.29, 0.717) is 5.92 Å². The van der Waals surface area contributed by atoms with Gasteiger partial charge in [-0.1, -0.05) is 26.3 Å². The Morgan fingerprint density at radius 2 is 2.21 bits per heavy atom. The maximum absolute atomic E-state index is 4.23. The Balaban J connectivity index is 2.42. The van der Waals surface area contributed by atoms with Crippen molar-refractivity contribution in [3.8, 4) is 0 Å². The second kappa shape index (κ2) is 3.78. The van der Waals surface area contributed by atoms with Crippen molar-refractivity contribution in [3.05, 3.63) is 30.2 Å². The summed E-state index contributed by atoms with van der Waals surface area (Å²) in [6.45, 7) is 4.40. The fourth-order valence-corrected chi connectivity index (χ4v) is 1.76. The van der Waals surface area contributed by atoms with Crippen LogP contribution in [0.25, 0.3) is 5.65 Å². The van der Waals surface area contributed by atoms with Gasteiger partial charge < -0.3 is 0 Å². The summed E-state index contributed by atoms with van der Waals surface area (Å²) in [6, 6.07) is 5.98. The van der Waals surface area contributed by atoms with Crippen LogP contribution >= 0.6 is 0 Å². The van der Waals surface area contributed by atoms with E-state index >= 15 is 0 Å². The van der Waals surface area contributed by atoms with Crippen LogP contribution in [0.3, 0.4) is 0 Å². The van der Waals surface area contributed by atoms with E-state index in [0.717, 1.165) is 17.9 Å². The van der Waals surface area contributed by atoms with Gasteiger partial charge in [-0.05, 0) is 18.6 Å². The van der Waals surface area contributed by atoms with Gasteiger partial charge in [-0.25, -0.2) is 0 Å². The fourth-order valence-electron chi connectivity index (χ4n) is 1.76. The highest BCUT2D eigenvalue weighted by Crippen LogP contribution is 2.18. The number of hydrogen-bond acceptors (Lipinski definition) is 2. The number of rotatable bonds is 3. The number of hydrogen-bond donors (Lipinski definition) is 0. The molecule has 3 nitrogen and oxygen atoms in total. The lowest BCUT2D eigenvalue weighted by atomic mass is 10.1. The SMILES string of the molecule is CCCC(C)c1nnc2ccccn12. The van der Waals surface area contributed by atoms with Gasteiger partial charge in [0.2, 0.25) is 0 Å². The molecule has 0 aliphatic rings. The van der Waals surface area contributed by atoms with E-state index < -0.39 is 0 Å². The normalized spacial score (nSPS) is 13.3. The molecule has 2 aromatic rings. The minimum atomic E-state index is 0.484. The highest BCUT2D eigenvalue weighted by atomic mass is 15.2. The van der Waals surface area contributed by atoms with Crippen molar-refractivity contribution in [2.45, 2.75) is 32.6 Å². The average molecular weight is 189 g/mol. The van der Waals surface area contributed by atoms with Crippen molar-refractivity contribution in [2.24, 2.45) is 0 Å². The van der Waals surface area contributed by atoms with Crippen molar-refractivity contribution in [3.63, 3.8) is 0 Å². The average Bonchev–Trinajstić information content (AvgIpc) is 2.61. The molecular formula is C11H15N3. The second-order valence-electron chi connectivity index (χ2n) is 3.68. The third-order valence-electron chi connectivity index (χ3n) is 2.50. The summed E-state index contributed by atoms with van der Waals surface area (Å²) >= 11 is 0. The zero-order valence-corrected chi connectivity index (χ0v) is 8.64. The molecule has 0 aliphatic carbocycles. The van der Waals surface area contributed by atoms with Gasteiger partial charge >= 0.3 is 0 Å². The number of pyridine rings is 1. The van der Waals surface area contributed by atoms with Crippen molar-refractivity contribution in [2.75, 3.05) is 0 Å². The molecule has 2 heterocycles. The van der Waals surface area contributed by atoms with Crippen LogP contribution in [-0.2, 0) is 0 Å². The standard InChI is InChI=1S/C11H15N3/c1-3-6-9(2)11-13-12-10-7-4-5-8-14(10)11/h4-5,7-9H,3,6H2,1-2H3. The maximum atomic E-state index is 4.23. The maximum Gasteiger partial charge on any atom is 0.160 e. The molecule has 0 bridgehead atoms. The molecule has 2 aromatic heterocycles. The van der Waals surface area contributed by atoms with Crippen LogP contribution in [0.15, 0.2) is 24.4 Å². The molecule has 1 unspecified atom stereocenters. The third kappa shape index (κ3) is 1.50. The second-order valence-corrected chi connectivity index (χ2v) is 3.68. The lowest BCUT2D eigenvalue weighted by Gasteiger charge is -2.06. The molecule has 0 saturated heterocycles. The van der Waals surface area contributed by atoms with Gasteiger partial charge in [0, 0.05) is 12.1 Å². The highest BCUT2D eigenvalue weighted by Gasteiger charge is 2.11. The summed E-state index contributed by atoms with van der Waals surface area (Å²) < 4.78 is 2.07. The minimum absolute atomic E-state index is 0.484. The first-order chi connectivity index (χ1) is 6.83. The first kappa shape index (κ1) is 9.19. The van der Waals surface area contributed by atoms with Crippen LogP contribution in [0.4, 0.5) is 0 Å². The molecule has 2 rings (SSSR count). The van der Waals surface area contributed by atoms with E-state index in [1.807, 2.05) is 24.4 Å². The zero-order valence-electron chi connectivity index (χ0n) is 8.64. The summed E-state index contributed by atoms with van der Waals surface area (Å²) in [5, 5.41) is 8.36. The van der Waals surface area contributed by atoms with Crippen molar-refractivity contribution in [1.29, 1.82) is 0 Å². The Labute approximate surface area is 83.8 Å². The van der Waals surface area contributed by atoms with Crippen molar-refractivity contribution < 1.29 is 0 Å². The predicted molar refractivity (Wildman–Crippen MR) is 56.3 cm³/mol. The molecule has 0 aromatic carbocycles. The number of fused-ring (bicyclic) bond motifs is 1. The van der Waals surface area contributed by atoms with Gasteiger partial charge in [-0.15, -0.1) is 10.2 Å². The molecule has 74 valence electrons. The van der Waals surface area contributed by atoms with E-state index in [-0.39, 0.29) is 0 Å². The topological polar surface area (TPSA) is 30.2 Å². The van der Waals surface area contributed by atoms with E-state index in [9.17, 15) is 0 Å². The monoisotopic (exact) mass is 189 g/mol. The van der Waals surface area contributed by atoms with Crippen LogP contribution in [0.5, 0.6) is 0 Å². The Kier molecular flexibility index (Phi) is 2.48. The van der Waals surface area contributed by atoms with Crippen LogP contribution in [0, 0.1) is 0 Å². The molecule has 0 N–H and O–H groups in total. The van der Waals surface area contributed by atoms with E-state index in [1.54, 1.807) is 0 Å². The first-order valence-electron chi connectivity index (χ1n) is 5.12. The van der Waals surface area contributed by atoms with Gasteiger partial charge in [0.15, 0.2) is 5.65 Å². The lowest BCUT2D eigenvalue weighted by molar-refractivity contribution is 0.620. The molecule has 0 radical (unpaired) electrons. The van der Waals surface area contributed by atoms with Crippen molar-refractivity contribution in [1.82, 2.24) is 14.6 Å². The Morgan fingerprint density at radius 1 is 1.36 bits per heavy atom. The number of nitrogens with zero attached hydrogens (tertiary/aromatic N) is 3. The van der Waals surface area contributed by atoms with Crippen LogP contribution in [0.2, 0.25) is 0 Å². The summed E-state index contributed by atoms with van der Waals surface area (Å²) in [7, 11) is 0. The number of aromatic nitrogens is 3. The summed E-state index contributed by atoms with van der Waals surface area (Å²) in [6.07, 6.45) is 4.37. The molecule has 0 saturated carbocycles. The lowest BCUT2D eigenvalue weighted by Crippen LogP contribution is -1.99. The summed E-state index contributed by atoms with van der Waals surface area (Å²) in [5.41, 5.74) is 0.936. The largest absolute Gasteiger partial charge is 0.286 e. The zero-order chi connectivity index (χ0) is 9.97. The smallest absolute Gasteiger partial charge is 0.160 e. The quantitative estimate of drug-likeness (QED) is 0.743. The van der Waals surface area contributed by atoms with Gasteiger partial charge in [0.05, 0.1) is 0 Å². The first-order valence-corrected chi connectivity index (χ1v) is 5.12. The van der Waals surface area contributed by atoms with Gasteiger partial charge in [-0.3, -0.25) is 4.40 Å². The van der Waals surface area contributed by atoms with Crippen LogP contribution < -0.4 is 0 Å². The highest BCUT2D eigenvalue weighted by molar-refractivity contribution is 5.37. The molecule has 0 fully saturated rings. The van der Waals surface area contributed by atoms with Crippen molar-refractivity contribution >= 4 is 5.65 Å². The van der Waals surface area contributed by atoms with Crippen LogP contribution in [-0.4, -0.2) is 14.6 Å². The summed E-state index contributed by atoms with van der Waals surface area (Å²) in [5.74, 6) is 1.56. The Morgan fingerprint density at radius 3 is 3.00 bits per heavy atom. The molecule has 14 heavy (non-hydrogen) atoms. The third-order valence-corrected chi connectivity index (χ3v) is 2.50. The minimum Gasteiger partial charge on any atom is -0.286 e. The molecular weight excluding hydrogens is 174 g/mol. The molecule has 0 spiro atoms. The van der Waals surface area contributed by atoms with E-state index in [1.165, 1.54) is 6.42 Å². The Bertz CT molecular complexity index is 419. The van der Waals surface area contributed by atoms with Gasteiger partial charge in [0.1, 0.15) is 5.82 Å². The molecule has 0 amide bonds. The van der Waals surface area contributed by atoms with Crippen LogP contribution in [0.1, 0.15) is 38.4 Å². The molecule has 3 heteroatoms. The van der Waals surface area contributed by atoms with Gasteiger partial charge in [0.25, 0.3) is 0 Å². The Hall–Kier alpha value is -1.38. The van der Waals surface area contributed by atoms with E-state index in [4.69, 9.17) is 0 Å². The van der Waals surface area contributed by atoms with E-state index in [2.05, 4.69) is 28.4 Å².